The van der Waals surface area contributed by atoms with Gasteiger partial charge in [-0.05, 0) is 24.6 Å². The first-order chi connectivity index (χ1) is 11.6. The van der Waals surface area contributed by atoms with Crippen LogP contribution in [0.5, 0.6) is 0 Å². The second kappa shape index (κ2) is 7.41. The number of ether oxygens (including phenoxy) is 1. The zero-order chi connectivity index (χ0) is 18.8. The summed E-state index contributed by atoms with van der Waals surface area (Å²) in [5, 5.41) is -0.145. The maximum atomic E-state index is 12.8. The molecule has 0 bridgehead atoms. The molecule has 1 aromatic heterocycles. The summed E-state index contributed by atoms with van der Waals surface area (Å²) in [5.74, 6) is -0.223. The molecule has 0 N–H and O–H groups in total. The van der Waals surface area contributed by atoms with E-state index < -0.39 is 11.7 Å². The summed E-state index contributed by atoms with van der Waals surface area (Å²) in [7, 11) is 1.60. The van der Waals surface area contributed by atoms with Crippen LogP contribution in [0, 0.1) is 0 Å². The molecule has 2 rings (SSSR count). The van der Waals surface area contributed by atoms with Gasteiger partial charge in [-0.3, -0.25) is 9.78 Å². The molecular formula is C17H16ClF3N2O2. The van der Waals surface area contributed by atoms with Gasteiger partial charge in [0, 0.05) is 24.5 Å². The van der Waals surface area contributed by atoms with Gasteiger partial charge < -0.3 is 9.64 Å². The Kier molecular flexibility index (Phi) is 5.69. The Balaban J connectivity index is 2.54. The van der Waals surface area contributed by atoms with E-state index in [0.717, 1.165) is 12.3 Å². The highest BCUT2D eigenvalue weighted by molar-refractivity contribution is 6.32. The van der Waals surface area contributed by atoms with Crippen molar-refractivity contribution in [3.63, 3.8) is 0 Å². The molecule has 0 spiro atoms. The number of pyridine rings is 1. The van der Waals surface area contributed by atoms with E-state index in [2.05, 4.69) is 11.6 Å². The molecule has 0 saturated carbocycles. The van der Waals surface area contributed by atoms with E-state index >= 15 is 0 Å². The summed E-state index contributed by atoms with van der Waals surface area (Å²) in [4.78, 5) is 17.0. The number of allylic oxidation sites excluding steroid dienone is 4. The second-order valence-electron chi connectivity index (χ2n) is 5.43. The van der Waals surface area contributed by atoms with Gasteiger partial charge >= 0.3 is 6.18 Å². The first-order valence-electron chi connectivity index (χ1n) is 7.26. The SMILES string of the molecule is C=C/C(C)=C(\C=C1/COCC(=O)N1C)c1ncc(C(F)(F)F)cc1Cl. The molecule has 8 heteroatoms. The van der Waals surface area contributed by atoms with Gasteiger partial charge in [0.2, 0.25) is 0 Å². The Morgan fingerprint density at radius 2 is 2.12 bits per heavy atom. The maximum absolute atomic E-state index is 12.8. The van der Waals surface area contributed by atoms with Crippen LogP contribution in [0.3, 0.4) is 0 Å². The summed E-state index contributed by atoms with van der Waals surface area (Å²) in [6, 6.07) is 0.824. The van der Waals surface area contributed by atoms with Gasteiger partial charge in [-0.25, -0.2) is 0 Å². The molecule has 1 fully saturated rings. The third kappa shape index (κ3) is 4.29. The van der Waals surface area contributed by atoms with Gasteiger partial charge in [0.05, 0.1) is 22.9 Å². The molecule has 0 aromatic carbocycles. The smallest absolute Gasteiger partial charge is 0.365 e. The van der Waals surface area contributed by atoms with Crippen molar-refractivity contribution in [2.75, 3.05) is 20.3 Å². The molecule has 1 saturated heterocycles. The molecule has 1 aromatic rings. The highest BCUT2D eigenvalue weighted by Crippen LogP contribution is 2.34. The van der Waals surface area contributed by atoms with Gasteiger partial charge in [-0.15, -0.1) is 0 Å². The predicted octanol–water partition coefficient (Wildman–Crippen LogP) is 4.09. The zero-order valence-electron chi connectivity index (χ0n) is 13.7. The number of hydrogen-bond donors (Lipinski definition) is 0. The predicted molar refractivity (Wildman–Crippen MR) is 88.7 cm³/mol. The lowest BCUT2D eigenvalue weighted by Gasteiger charge is -2.26. The minimum Gasteiger partial charge on any atom is -0.365 e. The number of morpholine rings is 1. The van der Waals surface area contributed by atoms with Gasteiger partial charge in [0.1, 0.15) is 6.61 Å². The first kappa shape index (κ1) is 19.2. The van der Waals surface area contributed by atoms with Crippen LogP contribution in [0.25, 0.3) is 5.57 Å². The largest absolute Gasteiger partial charge is 0.417 e. The van der Waals surface area contributed by atoms with Crippen molar-refractivity contribution in [1.29, 1.82) is 0 Å². The summed E-state index contributed by atoms with van der Waals surface area (Å²) >= 11 is 6.04. The molecule has 0 atom stereocenters. The lowest BCUT2D eigenvalue weighted by Crippen LogP contribution is -2.36. The summed E-state index contributed by atoms with van der Waals surface area (Å²) < 4.78 is 43.6. The fourth-order valence-corrected chi connectivity index (χ4v) is 2.44. The monoisotopic (exact) mass is 372 g/mol. The van der Waals surface area contributed by atoms with Crippen LogP contribution in [0.4, 0.5) is 13.2 Å². The summed E-state index contributed by atoms with van der Waals surface area (Å²) in [5.41, 5.74) is 0.899. The van der Waals surface area contributed by atoms with Crippen molar-refractivity contribution >= 4 is 23.1 Å². The average molecular weight is 373 g/mol. The number of alkyl halides is 3. The third-order valence-corrected chi connectivity index (χ3v) is 4.03. The fourth-order valence-electron chi connectivity index (χ4n) is 2.17. The van der Waals surface area contributed by atoms with Crippen LogP contribution >= 0.6 is 11.6 Å². The van der Waals surface area contributed by atoms with E-state index in [4.69, 9.17) is 16.3 Å². The quantitative estimate of drug-likeness (QED) is 0.751. The van der Waals surface area contributed by atoms with Crippen LogP contribution in [0.1, 0.15) is 18.2 Å². The van der Waals surface area contributed by atoms with Crippen molar-refractivity contribution in [3.8, 4) is 0 Å². The van der Waals surface area contributed by atoms with E-state index in [9.17, 15) is 18.0 Å². The Morgan fingerprint density at radius 3 is 2.68 bits per heavy atom. The number of amides is 1. The van der Waals surface area contributed by atoms with Crippen LogP contribution in [0.2, 0.25) is 5.02 Å². The summed E-state index contributed by atoms with van der Waals surface area (Å²) in [6.07, 6.45) is -0.652. The van der Waals surface area contributed by atoms with Crippen molar-refractivity contribution in [2.24, 2.45) is 0 Å². The van der Waals surface area contributed by atoms with Crippen LogP contribution in [0.15, 0.2) is 42.3 Å². The Morgan fingerprint density at radius 1 is 1.44 bits per heavy atom. The number of halogens is 4. The molecule has 25 heavy (non-hydrogen) atoms. The third-order valence-electron chi connectivity index (χ3n) is 3.75. The number of rotatable bonds is 3. The normalized spacial score (nSPS) is 18.4. The number of hydrogen-bond acceptors (Lipinski definition) is 3. The average Bonchev–Trinajstić information content (AvgIpc) is 2.55. The Labute approximate surface area is 148 Å². The van der Waals surface area contributed by atoms with Crippen molar-refractivity contribution in [2.45, 2.75) is 13.1 Å². The topological polar surface area (TPSA) is 42.4 Å². The van der Waals surface area contributed by atoms with Crippen LogP contribution in [-0.4, -0.2) is 36.1 Å². The molecule has 1 amide bonds. The highest BCUT2D eigenvalue weighted by Gasteiger charge is 2.32. The molecule has 1 aliphatic heterocycles. The van der Waals surface area contributed by atoms with Gasteiger partial charge in [0.25, 0.3) is 5.91 Å². The number of carbonyl (C=O) groups excluding carboxylic acids is 1. The first-order valence-corrected chi connectivity index (χ1v) is 7.64. The van der Waals surface area contributed by atoms with Crippen LogP contribution in [-0.2, 0) is 15.7 Å². The summed E-state index contributed by atoms with van der Waals surface area (Å²) in [6.45, 7) is 5.56. The maximum Gasteiger partial charge on any atom is 0.417 e. The van der Waals surface area contributed by atoms with E-state index in [1.165, 1.54) is 11.0 Å². The molecular weight excluding hydrogens is 357 g/mol. The van der Waals surface area contributed by atoms with E-state index in [-0.39, 0.29) is 29.8 Å². The standard InChI is InChI=1S/C17H16ClF3N2O2/c1-4-10(2)13(6-12-8-25-9-15(24)23(12)3)16-14(18)5-11(7-22-16)17(19,20)21/h4-7H,1,8-9H2,2-3H3/b12-6+,13-10+. The minimum absolute atomic E-state index is 0.0212. The number of carbonyl (C=O) groups is 1. The Bertz CT molecular complexity index is 770. The highest BCUT2D eigenvalue weighted by atomic mass is 35.5. The lowest BCUT2D eigenvalue weighted by atomic mass is 10.0. The van der Waals surface area contributed by atoms with Gasteiger partial charge in [-0.1, -0.05) is 24.3 Å². The Hall–Kier alpha value is -2.12. The van der Waals surface area contributed by atoms with Crippen molar-refractivity contribution in [3.05, 3.63) is 58.5 Å². The van der Waals surface area contributed by atoms with E-state index in [0.29, 0.717) is 16.8 Å². The van der Waals surface area contributed by atoms with Crippen molar-refractivity contribution in [1.82, 2.24) is 9.88 Å². The molecule has 0 aliphatic carbocycles. The fraction of sp³-hybridized carbons (Fsp3) is 0.294. The molecule has 0 radical (unpaired) electrons. The molecule has 0 unspecified atom stereocenters. The minimum atomic E-state index is -4.53. The van der Waals surface area contributed by atoms with Crippen molar-refractivity contribution < 1.29 is 22.7 Å². The van der Waals surface area contributed by atoms with Gasteiger partial charge in [0.15, 0.2) is 0 Å². The number of likely N-dealkylation sites (N-methyl/N-ethyl adjacent to an activating group) is 1. The van der Waals surface area contributed by atoms with E-state index in [1.54, 1.807) is 20.0 Å². The molecule has 134 valence electrons. The molecule has 2 heterocycles. The number of nitrogens with zero attached hydrogens (tertiary/aromatic N) is 2. The lowest BCUT2D eigenvalue weighted by molar-refractivity contribution is -0.138. The molecule has 4 nitrogen and oxygen atoms in total. The van der Waals surface area contributed by atoms with Crippen LogP contribution < -0.4 is 0 Å². The van der Waals surface area contributed by atoms with Gasteiger partial charge in [-0.2, -0.15) is 13.2 Å². The molecule has 1 aliphatic rings. The number of aromatic nitrogens is 1. The van der Waals surface area contributed by atoms with E-state index in [1.807, 2.05) is 0 Å². The second-order valence-corrected chi connectivity index (χ2v) is 5.84. The zero-order valence-corrected chi connectivity index (χ0v) is 14.4.